The van der Waals surface area contributed by atoms with Crippen LogP contribution in [0.1, 0.15) is 0 Å². The lowest BCUT2D eigenvalue weighted by atomic mass is 10.2. The highest BCUT2D eigenvalue weighted by molar-refractivity contribution is 6.35. The summed E-state index contributed by atoms with van der Waals surface area (Å²) in [4.78, 5) is 1.09. The Balaban J connectivity index is 3.08. The summed E-state index contributed by atoms with van der Waals surface area (Å²) in [7, 11) is 0. The average molecular weight is 210 g/mol. The van der Waals surface area contributed by atoms with Crippen molar-refractivity contribution >= 4 is 22.4 Å². The Morgan fingerprint density at radius 2 is 2.21 bits per heavy atom. The van der Waals surface area contributed by atoms with E-state index in [0.717, 1.165) is 10.2 Å². The van der Waals surface area contributed by atoms with Gasteiger partial charge in [0.1, 0.15) is 0 Å². The molecule has 0 aliphatic rings. The molecule has 0 unspecified atom stereocenters. The van der Waals surface area contributed by atoms with E-state index >= 15 is 0 Å². The van der Waals surface area contributed by atoms with E-state index < -0.39 is 0 Å². The summed E-state index contributed by atoms with van der Waals surface area (Å²) in [5.74, 6) is 10.8. The van der Waals surface area contributed by atoms with Crippen molar-refractivity contribution in [3.05, 3.63) is 34.9 Å². The smallest absolute Gasteiger partial charge is 0.199 e. The van der Waals surface area contributed by atoms with Gasteiger partial charge in [-0.3, -0.25) is 0 Å². The van der Waals surface area contributed by atoms with E-state index in [-0.39, 0.29) is 0 Å². The molecular weight excluding hydrogens is 202 g/mol. The van der Waals surface area contributed by atoms with Gasteiger partial charge in [0.2, 0.25) is 0 Å². The van der Waals surface area contributed by atoms with E-state index in [4.69, 9.17) is 23.3 Å². The number of nitrogens with zero attached hydrogens (tertiary/aromatic N) is 3. The fraction of sp³-hybridized carbons (Fsp3) is 0. The monoisotopic (exact) mass is 209 g/mol. The fourth-order valence-corrected chi connectivity index (χ4v) is 1.57. The largest absolute Gasteiger partial charge is 0.321 e. The number of nitrogen functional groups attached to an aromatic ring is 1. The van der Waals surface area contributed by atoms with Gasteiger partial charge in [-0.05, 0) is 6.07 Å². The number of fused-ring (bicyclic) bond motifs is 1. The molecule has 1 aromatic carbocycles. The van der Waals surface area contributed by atoms with Crippen LogP contribution >= 0.6 is 11.6 Å². The van der Waals surface area contributed by atoms with Gasteiger partial charge in [-0.2, -0.15) is 15.0 Å². The van der Waals surface area contributed by atoms with Crippen molar-refractivity contribution in [3.63, 3.8) is 0 Å². The van der Waals surface area contributed by atoms with Crippen LogP contribution in [-0.4, -0.2) is 9.89 Å². The molecule has 0 radical (unpaired) electrons. The maximum absolute atomic E-state index is 6.00. The zero-order valence-electron chi connectivity index (χ0n) is 7.18. The van der Waals surface area contributed by atoms with E-state index in [9.17, 15) is 0 Å². The molecule has 6 heteroatoms. The highest BCUT2D eigenvalue weighted by atomic mass is 35.5. The van der Waals surface area contributed by atoms with Crippen LogP contribution in [0.25, 0.3) is 10.8 Å². The Bertz CT molecular complexity index is 545. The zero-order chi connectivity index (χ0) is 10.1. The Labute approximate surface area is 84.5 Å². The molecule has 0 saturated carbocycles. The number of nitrogens with two attached hydrogens (primary N) is 2. The van der Waals surface area contributed by atoms with Gasteiger partial charge in [0.05, 0.1) is 16.6 Å². The van der Waals surface area contributed by atoms with Crippen LogP contribution < -0.4 is 17.2 Å². The number of halogens is 1. The third kappa shape index (κ3) is 1.18. The predicted molar refractivity (Wildman–Crippen MR) is 54.6 cm³/mol. The second-order valence-electron chi connectivity index (χ2n) is 2.75. The standard InChI is InChI=1S/C8H8ClN5/c9-6-3-1-2-5-4-12-14(11)8(13-10)7(5)6/h1-4H,10-11H2/b13-8-. The average Bonchev–Trinajstić information content (AvgIpc) is 2.19. The van der Waals surface area contributed by atoms with Gasteiger partial charge in [0, 0.05) is 5.39 Å². The van der Waals surface area contributed by atoms with Gasteiger partial charge < -0.3 is 11.7 Å². The van der Waals surface area contributed by atoms with Crippen LogP contribution in [0.2, 0.25) is 5.02 Å². The molecule has 0 saturated heterocycles. The van der Waals surface area contributed by atoms with Gasteiger partial charge in [0.25, 0.3) is 0 Å². The Hall–Kier alpha value is -1.75. The van der Waals surface area contributed by atoms with Crippen molar-refractivity contribution in [2.75, 3.05) is 5.84 Å². The molecule has 1 aromatic heterocycles. The molecule has 1 heterocycles. The summed E-state index contributed by atoms with van der Waals surface area (Å²) in [6.07, 6.45) is 1.61. The lowest BCUT2D eigenvalue weighted by molar-refractivity contribution is 0.747. The molecule has 5 nitrogen and oxygen atoms in total. The summed E-state index contributed by atoms with van der Waals surface area (Å²) in [6, 6.07) is 5.44. The van der Waals surface area contributed by atoms with Gasteiger partial charge in [0.15, 0.2) is 5.49 Å². The molecule has 0 fully saturated rings. The first-order valence-electron chi connectivity index (χ1n) is 3.89. The summed E-state index contributed by atoms with van der Waals surface area (Å²) < 4.78 is 0. The van der Waals surface area contributed by atoms with Gasteiger partial charge in [-0.15, -0.1) is 0 Å². The van der Waals surface area contributed by atoms with Gasteiger partial charge in [-0.1, -0.05) is 23.7 Å². The minimum absolute atomic E-state index is 0.355. The van der Waals surface area contributed by atoms with Crippen LogP contribution in [0.4, 0.5) is 0 Å². The molecule has 0 aliphatic carbocycles. The first kappa shape index (κ1) is 8.83. The maximum Gasteiger partial charge on any atom is 0.199 e. The van der Waals surface area contributed by atoms with Crippen molar-refractivity contribution in [2.45, 2.75) is 0 Å². The van der Waals surface area contributed by atoms with Crippen LogP contribution in [0.5, 0.6) is 0 Å². The summed E-state index contributed by atoms with van der Waals surface area (Å²) in [5, 5.41) is 9.53. The number of aromatic nitrogens is 2. The molecule has 0 aliphatic heterocycles. The number of hydrogen-bond donors (Lipinski definition) is 2. The SMILES string of the molecule is N/N=c1/c2c(Cl)cccc2cnn1N. The minimum atomic E-state index is 0.355. The van der Waals surface area contributed by atoms with E-state index in [0.29, 0.717) is 15.9 Å². The Morgan fingerprint density at radius 3 is 2.93 bits per heavy atom. The van der Waals surface area contributed by atoms with E-state index in [1.807, 2.05) is 12.1 Å². The molecule has 72 valence electrons. The number of benzene rings is 1. The Kier molecular flexibility index (Phi) is 2.01. The third-order valence-corrected chi connectivity index (χ3v) is 2.24. The van der Waals surface area contributed by atoms with Gasteiger partial charge >= 0.3 is 0 Å². The quantitative estimate of drug-likeness (QED) is 0.480. The van der Waals surface area contributed by atoms with Crippen LogP contribution in [0.3, 0.4) is 0 Å². The lowest BCUT2D eigenvalue weighted by Crippen LogP contribution is -2.31. The van der Waals surface area contributed by atoms with Crippen molar-refractivity contribution in [1.29, 1.82) is 0 Å². The molecule has 0 spiro atoms. The van der Waals surface area contributed by atoms with Gasteiger partial charge in [-0.25, -0.2) is 0 Å². The molecule has 0 atom stereocenters. The Morgan fingerprint density at radius 1 is 1.43 bits per heavy atom. The normalized spacial score (nSPS) is 12.2. The highest BCUT2D eigenvalue weighted by Crippen LogP contribution is 2.18. The summed E-state index contributed by atoms with van der Waals surface area (Å²) >= 11 is 6.00. The van der Waals surface area contributed by atoms with Crippen LogP contribution in [-0.2, 0) is 0 Å². The molecular formula is C8H8ClN5. The first-order valence-corrected chi connectivity index (χ1v) is 4.27. The number of rotatable bonds is 0. The molecule has 0 amide bonds. The van der Waals surface area contributed by atoms with Crippen molar-refractivity contribution in [2.24, 2.45) is 10.9 Å². The van der Waals surface area contributed by atoms with E-state index in [1.54, 1.807) is 12.3 Å². The first-order chi connectivity index (χ1) is 6.74. The second kappa shape index (κ2) is 3.19. The van der Waals surface area contributed by atoms with Crippen molar-refractivity contribution < 1.29 is 0 Å². The molecule has 14 heavy (non-hydrogen) atoms. The number of hydrogen-bond acceptors (Lipinski definition) is 4. The maximum atomic E-state index is 6.00. The third-order valence-electron chi connectivity index (χ3n) is 1.93. The van der Waals surface area contributed by atoms with E-state index in [1.165, 1.54) is 0 Å². The fourth-order valence-electron chi connectivity index (χ4n) is 1.30. The minimum Gasteiger partial charge on any atom is -0.321 e. The molecule has 2 rings (SSSR count). The van der Waals surface area contributed by atoms with Crippen LogP contribution in [0, 0.1) is 0 Å². The lowest BCUT2D eigenvalue weighted by Gasteiger charge is -2.03. The summed E-state index contributed by atoms with van der Waals surface area (Å²) in [6.45, 7) is 0. The second-order valence-corrected chi connectivity index (χ2v) is 3.15. The van der Waals surface area contributed by atoms with E-state index in [2.05, 4.69) is 10.2 Å². The van der Waals surface area contributed by atoms with Crippen molar-refractivity contribution in [1.82, 2.24) is 9.89 Å². The van der Waals surface area contributed by atoms with Crippen molar-refractivity contribution in [3.8, 4) is 0 Å². The summed E-state index contributed by atoms with van der Waals surface area (Å²) in [5.41, 5.74) is 0.355. The highest BCUT2D eigenvalue weighted by Gasteiger charge is 2.03. The predicted octanol–water partition coefficient (Wildman–Crippen LogP) is 0.178. The molecule has 4 N–H and O–H groups in total. The zero-order valence-corrected chi connectivity index (χ0v) is 7.94. The molecule has 0 bridgehead atoms. The topological polar surface area (TPSA) is 82.2 Å². The molecule has 2 aromatic rings. The van der Waals surface area contributed by atoms with Crippen LogP contribution in [0.15, 0.2) is 29.5 Å².